The van der Waals surface area contributed by atoms with Gasteiger partial charge in [0, 0.05) is 43.3 Å². The highest BCUT2D eigenvalue weighted by molar-refractivity contribution is 7.89. The van der Waals surface area contributed by atoms with Crippen molar-refractivity contribution in [3.63, 3.8) is 0 Å². The normalized spacial score (nSPS) is 11.8. The van der Waals surface area contributed by atoms with E-state index in [-0.39, 0.29) is 36.3 Å². The predicted molar refractivity (Wildman–Crippen MR) is 142 cm³/mol. The molecule has 0 spiro atoms. The second kappa shape index (κ2) is 12.4. The number of hydrogen-bond acceptors (Lipinski definition) is 6. The summed E-state index contributed by atoms with van der Waals surface area (Å²) in [5.74, 6) is -0.717. The van der Waals surface area contributed by atoms with Crippen molar-refractivity contribution in [3.05, 3.63) is 94.6 Å². The second-order valence-electron chi connectivity index (χ2n) is 8.47. The number of ether oxygens (including phenoxy) is 1. The highest BCUT2D eigenvalue weighted by atomic mass is 32.2. The number of aromatic nitrogens is 1. The molecule has 0 bridgehead atoms. The molecule has 0 saturated carbocycles. The van der Waals surface area contributed by atoms with E-state index in [1.54, 1.807) is 54.6 Å². The SMILES string of the molecule is COCCCN(CC(=O)N(Cc1ccc(F)cc1)Cc1cccs1)S(=O)(=O)c1cccc2cccnc12. The van der Waals surface area contributed by atoms with Crippen LogP contribution in [0, 0.1) is 5.82 Å². The van der Waals surface area contributed by atoms with E-state index in [4.69, 9.17) is 4.74 Å². The molecule has 0 N–H and O–H groups in total. The number of pyridine rings is 1. The van der Waals surface area contributed by atoms with Gasteiger partial charge in [-0.3, -0.25) is 9.78 Å². The average Bonchev–Trinajstić information content (AvgIpc) is 3.42. The Morgan fingerprint density at radius 2 is 1.81 bits per heavy atom. The lowest BCUT2D eigenvalue weighted by atomic mass is 10.2. The van der Waals surface area contributed by atoms with Crippen LogP contribution in [0.1, 0.15) is 16.9 Å². The zero-order valence-electron chi connectivity index (χ0n) is 20.4. The van der Waals surface area contributed by atoms with Gasteiger partial charge in [0.05, 0.1) is 18.6 Å². The zero-order chi connectivity index (χ0) is 26.3. The van der Waals surface area contributed by atoms with Crippen LogP contribution in [0.3, 0.4) is 0 Å². The maximum Gasteiger partial charge on any atom is 0.245 e. The summed E-state index contributed by atoms with van der Waals surface area (Å²) < 4.78 is 47.5. The molecule has 7 nitrogen and oxygen atoms in total. The molecule has 0 aliphatic heterocycles. The fraction of sp³-hybridized carbons (Fsp3) is 0.259. The van der Waals surface area contributed by atoms with Gasteiger partial charge in [0.25, 0.3) is 0 Å². The highest BCUT2D eigenvalue weighted by Gasteiger charge is 2.30. The van der Waals surface area contributed by atoms with E-state index in [9.17, 15) is 17.6 Å². The maximum absolute atomic E-state index is 13.8. The van der Waals surface area contributed by atoms with Gasteiger partial charge < -0.3 is 9.64 Å². The lowest BCUT2D eigenvalue weighted by molar-refractivity contribution is -0.132. The summed E-state index contributed by atoms with van der Waals surface area (Å²) in [6.07, 6.45) is 1.97. The third kappa shape index (κ3) is 6.78. The number of hydrogen-bond donors (Lipinski definition) is 0. The van der Waals surface area contributed by atoms with E-state index in [1.807, 2.05) is 17.5 Å². The van der Waals surface area contributed by atoms with Crippen LogP contribution in [0.4, 0.5) is 4.39 Å². The van der Waals surface area contributed by atoms with Crippen molar-refractivity contribution in [3.8, 4) is 0 Å². The molecule has 0 radical (unpaired) electrons. The second-order valence-corrected chi connectivity index (χ2v) is 11.4. The van der Waals surface area contributed by atoms with Gasteiger partial charge in [-0.15, -0.1) is 11.3 Å². The Hall–Kier alpha value is -3.18. The van der Waals surface area contributed by atoms with E-state index in [0.717, 1.165) is 10.4 Å². The minimum atomic E-state index is -4.06. The Bertz CT molecular complexity index is 1420. The molecular weight excluding hydrogens is 513 g/mol. The highest BCUT2D eigenvalue weighted by Crippen LogP contribution is 2.25. The molecular formula is C27H28FN3O4S2. The summed E-state index contributed by atoms with van der Waals surface area (Å²) >= 11 is 1.51. The summed E-state index contributed by atoms with van der Waals surface area (Å²) in [5, 5.41) is 2.62. The summed E-state index contributed by atoms with van der Waals surface area (Å²) in [6.45, 7) is 0.646. The number of rotatable bonds is 12. The number of thiophene rings is 1. The van der Waals surface area contributed by atoms with Crippen molar-refractivity contribution in [2.45, 2.75) is 24.4 Å². The van der Waals surface area contributed by atoms with Crippen molar-refractivity contribution in [2.24, 2.45) is 0 Å². The first-order valence-corrected chi connectivity index (χ1v) is 14.1. The third-order valence-electron chi connectivity index (χ3n) is 5.85. The van der Waals surface area contributed by atoms with Gasteiger partial charge in [0.15, 0.2) is 0 Å². The van der Waals surface area contributed by atoms with Gasteiger partial charge in [-0.05, 0) is 47.7 Å². The number of benzene rings is 2. The van der Waals surface area contributed by atoms with E-state index >= 15 is 0 Å². The van der Waals surface area contributed by atoms with E-state index in [2.05, 4.69) is 4.98 Å². The molecule has 0 saturated heterocycles. The quantitative estimate of drug-likeness (QED) is 0.243. The summed E-state index contributed by atoms with van der Waals surface area (Å²) in [7, 11) is -2.51. The summed E-state index contributed by atoms with van der Waals surface area (Å²) in [5.41, 5.74) is 1.11. The van der Waals surface area contributed by atoms with Crippen molar-refractivity contribution in [2.75, 3.05) is 26.8 Å². The molecule has 0 aliphatic rings. The lowest BCUT2D eigenvalue weighted by Gasteiger charge is -2.27. The van der Waals surface area contributed by atoms with Gasteiger partial charge in [-0.25, -0.2) is 12.8 Å². The molecule has 4 rings (SSSR count). The van der Waals surface area contributed by atoms with Gasteiger partial charge >= 0.3 is 0 Å². The molecule has 194 valence electrons. The first-order chi connectivity index (χ1) is 17.9. The largest absolute Gasteiger partial charge is 0.385 e. The number of carbonyl (C=O) groups excluding carboxylic acids is 1. The maximum atomic E-state index is 13.8. The number of para-hydroxylation sites is 1. The minimum Gasteiger partial charge on any atom is -0.385 e. The first-order valence-electron chi connectivity index (χ1n) is 11.8. The van der Waals surface area contributed by atoms with Crippen LogP contribution in [-0.2, 0) is 32.6 Å². The van der Waals surface area contributed by atoms with Gasteiger partial charge in [0.2, 0.25) is 15.9 Å². The Morgan fingerprint density at radius 3 is 2.54 bits per heavy atom. The zero-order valence-corrected chi connectivity index (χ0v) is 22.1. The monoisotopic (exact) mass is 541 g/mol. The van der Waals surface area contributed by atoms with Crippen LogP contribution in [0.2, 0.25) is 0 Å². The number of nitrogens with zero attached hydrogens (tertiary/aromatic N) is 3. The van der Waals surface area contributed by atoms with Gasteiger partial charge in [-0.1, -0.05) is 36.4 Å². The van der Waals surface area contributed by atoms with Crippen molar-refractivity contribution < 1.29 is 22.3 Å². The number of fused-ring (bicyclic) bond motifs is 1. The average molecular weight is 542 g/mol. The lowest BCUT2D eigenvalue weighted by Crippen LogP contribution is -2.43. The fourth-order valence-corrected chi connectivity index (χ4v) is 6.29. The molecule has 4 aromatic rings. The predicted octanol–water partition coefficient (Wildman–Crippen LogP) is 4.69. The Balaban J connectivity index is 1.64. The topological polar surface area (TPSA) is 79.8 Å². The molecule has 37 heavy (non-hydrogen) atoms. The Labute approximate surface area is 220 Å². The molecule has 0 fully saturated rings. The molecule has 0 unspecified atom stereocenters. The van der Waals surface area contributed by atoms with Crippen LogP contribution in [0.5, 0.6) is 0 Å². The van der Waals surface area contributed by atoms with Crippen LogP contribution >= 0.6 is 11.3 Å². The number of halogens is 1. The molecule has 2 aromatic heterocycles. The van der Waals surface area contributed by atoms with Crippen LogP contribution in [-0.4, -0.2) is 55.3 Å². The van der Waals surface area contributed by atoms with Crippen molar-refractivity contribution in [1.29, 1.82) is 0 Å². The first kappa shape index (κ1) is 26.9. The van der Waals surface area contributed by atoms with Crippen LogP contribution in [0.15, 0.2) is 83.2 Å². The summed E-state index contributed by atoms with van der Waals surface area (Å²) in [4.78, 5) is 20.5. The van der Waals surface area contributed by atoms with Crippen molar-refractivity contribution >= 4 is 38.2 Å². The third-order valence-corrected chi connectivity index (χ3v) is 8.59. The fourth-order valence-electron chi connectivity index (χ4n) is 3.98. The molecule has 10 heteroatoms. The summed E-state index contributed by atoms with van der Waals surface area (Å²) in [6, 6.07) is 18.3. The minimum absolute atomic E-state index is 0.0548. The number of methoxy groups -OCH3 is 1. The molecule has 2 heterocycles. The molecule has 0 aliphatic carbocycles. The number of sulfonamides is 1. The van der Waals surface area contributed by atoms with Crippen molar-refractivity contribution in [1.82, 2.24) is 14.2 Å². The van der Waals surface area contributed by atoms with Gasteiger partial charge in [0.1, 0.15) is 10.7 Å². The van der Waals surface area contributed by atoms with E-state index < -0.39 is 10.0 Å². The van der Waals surface area contributed by atoms with Crippen LogP contribution < -0.4 is 0 Å². The number of carbonyl (C=O) groups is 1. The van der Waals surface area contributed by atoms with Gasteiger partial charge in [-0.2, -0.15) is 4.31 Å². The Morgan fingerprint density at radius 1 is 1.03 bits per heavy atom. The smallest absolute Gasteiger partial charge is 0.245 e. The Kier molecular flexibility index (Phi) is 8.99. The van der Waals surface area contributed by atoms with E-state index in [1.165, 1.54) is 33.8 Å². The molecule has 0 atom stereocenters. The number of amides is 1. The molecule has 2 aromatic carbocycles. The standard InChI is InChI=1S/C27H28FN3O4S2/c1-35-16-5-15-31(37(33,34)25-9-2-6-22-7-3-14-29-27(22)25)20-26(32)30(19-24-8-4-17-36-24)18-21-10-12-23(28)13-11-21/h2-4,6-14,17H,5,15-16,18-20H2,1H3. The van der Waals surface area contributed by atoms with E-state index in [0.29, 0.717) is 30.5 Å². The van der Waals surface area contributed by atoms with Crippen LogP contribution in [0.25, 0.3) is 10.9 Å². The molecule has 1 amide bonds.